The number of aliphatic imine (C=N–C) groups is 1. The van der Waals surface area contributed by atoms with Gasteiger partial charge in [-0.15, -0.1) is 0 Å². The zero-order chi connectivity index (χ0) is 14.2. The molecule has 0 spiro atoms. The van der Waals surface area contributed by atoms with Crippen molar-refractivity contribution in [2.45, 2.75) is 20.4 Å². The molecule has 1 aromatic rings. The molecule has 2 rings (SSSR count). The van der Waals surface area contributed by atoms with Crippen LogP contribution in [0.4, 0.5) is 5.69 Å². The molecular weight excluding hydrogens is 248 g/mol. The third kappa shape index (κ3) is 4.02. The number of anilines is 1. The molecule has 1 aromatic carbocycles. The van der Waals surface area contributed by atoms with Crippen LogP contribution in [-0.2, 0) is 6.54 Å². The summed E-state index contributed by atoms with van der Waals surface area (Å²) in [6.07, 6.45) is 4.41. The highest BCUT2D eigenvalue weighted by atomic mass is 15.2. The van der Waals surface area contributed by atoms with E-state index in [1.807, 2.05) is 0 Å². The normalized spacial score (nSPS) is 13.4. The fourth-order valence-electron chi connectivity index (χ4n) is 2.18. The van der Waals surface area contributed by atoms with Crippen LogP contribution in [0.3, 0.4) is 0 Å². The average molecular weight is 272 g/mol. The van der Waals surface area contributed by atoms with Crippen molar-refractivity contribution in [3.8, 4) is 0 Å². The lowest BCUT2D eigenvalue weighted by molar-refractivity contribution is 0.839. The molecule has 1 heterocycles. The van der Waals surface area contributed by atoms with Crippen molar-refractivity contribution in [2.24, 2.45) is 4.99 Å². The molecule has 20 heavy (non-hydrogen) atoms. The van der Waals surface area contributed by atoms with Gasteiger partial charge in [0.05, 0.1) is 6.54 Å². The lowest BCUT2D eigenvalue weighted by Gasteiger charge is -2.17. The zero-order valence-electron chi connectivity index (χ0n) is 12.4. The highest BCUT2D eigenvalue weighted by Gasteiger charge is 2.06. The molecule has 108 valence electrons. The predicted octanol–water partition coefficient (Wildman–Crippen LogP) is 2.14. The Morgan fingerprint density at radius 2 is 1.65 bits per heavy atom. The lowest BCUT2D eigenvalue weighted by atomic mass is 10.2. The summed E-state index contributed by atoms with van der Waals surface area (Å²) in [5.41, 5.74) is 2.51. The number of guanidine groups is 1. The second-order valence-electron chi connectivity index (χ2n) is 4.77. The SMILES string of the molecule is CCNC(=NCc1ccc(N2CC=CC2)cc1)NCC. The van der Waals surface area contributed by atoms with Gasteiger partial charge in [-0.25, -0.2) is 4.99 Å². The first kappa shape index (κ1) is 14.4. The highest BCUT2D eigenvalue weighted by molar-refractivity contribution is 5.79. The topological polar surface area (TPSA) is 39.7 Å². The first-order valence-corrected chi connectivity index (χ1v) is 7.34. The van der Waals surface area contributed by atoms with E-state index < -0.39 is 0 Å². The van der Waals surface area contributed by atoms with Crippen LogP contribution in [0.2, 0.25) is 0 Å². The molecule has 4 heteroatoms. The molecule has 1 aliphatic rings. The van der Waals surface area contributed by atoms with Gasteiger partial charge in [0, 0.05) is 31.9 Å². The van der Waals surface area contributed by atoms with Gasteiger partial charge in [-0.05, 0) is 31.5 Å². The van der Waals surface area contributed by atoms with Gasteiger partial charge in [0.15, 0.2) is 5.96 Å². The Morgan fingerprint density at radius 1 is 1.05 bits per heavy atom. The van der Waals surface area contributed by atoms with Crippen LogP contribution >= 0.6 is 0 Å². The summed E-state index contributed by atoms with van der Waals surface area (Å²) in [6.45, 7) is 8.65. The molecule has 0 saturated carbocycles. The van der Waals surface area contributed by atoms with E-state index in [9.17, 15) is 0 Å². The Bertz CT molecular complexity index is 446. The van der Waals surface area contributed by atoms with Crippen molar-refractivity contribution in [3.63, 3.8) is 0 Å². The maximum Gasteiger partial charge on any atom is 0.191 e. The molecule has 0 saturated heterocycles. The molecule has 0 bridgehead atoms. The number of hydrogen-bond donors (Lipinski definition) is 2. The third-order valence-corrected chi connectivity index (χ3v) is 3.23. The first-order chi connectivity index (χ1) is 9.83. The number of nitrogens with one attached hydrogen (secondary N) is 2. The van der Waals surface area contributed by atoms with E-state index >= 15 is 0 Å². The standard InChI is InChI=1S/C16H24N4/c1-3-17-16(18-4-2)19-13-14-7-9-15(10-8-14)20-11-5-6-12-20/h5-10H,3-4,11-13H2,1-2H3,(H2,17,18,19). The summed E-state index contributed by atoms with van der Waals surface area (Å²) in [5.74, 6) is 0.878. The molecule has 0 amide bonds. The number of hydrogen-bond acceptors (Lipinski definition) is 2. The van der Waals surface area contributed by atoms with E-state index in [-0.39, 0.29) is 0 Å². The van der Waals surface area contributed by atoms with Crippen LogP contribution in [0.1, 0.15) is 19.4 Å². The number of rotatable bonds is 5. The van der Waals surface area contributed by atoms with E-state index in [0.717, 1.165) is 32.1 Å². The Kier molecular flexibility index (Phi) is 5.47. The second kappa shape index (κ2) is 7.58. The molecule has 0 aromatic heterocycles. The van der Waals surface area contributed by atoms with Crippen molar-refractivity contribution in [1.29, 1.82) is 0 Å². The molecular formula is C16H24N4. The molecule has 2 N–H and O–H groups in total. The maximum atomic E-state index is 4.57. The molecule has 4 nitrogen and oxygen atoms in total. The highest BCUT2D eigenvalue weighted by Crippen LogP contribution is 2.17. The first-order valence-electron chi connectivity index (χ1n) is 7.34. The zero-order valence-corrected chi connectivity index (χ0v) is 12.4. The molecule has 0 fully saturated rings. The van der Waals surface area contributed by atoms with E-state index in [2.05, 4.69) is 70.8 Å². The van der Waals surface area contributed by atoms with Crippen molar-refractivity contribution in [1.82, 2.24) is 10.6 Å². The summed E-state index contributed by atoms with van der Waals surface area (Å²) in [4.78, 5) is 6.91. The second-order valence-corrected chi connectivity index (χ2v) is 4.77. The monoisotopic (exact) mass is 272 g/mol. The van der Waals surface area contributed by atoms with Crippen LogP contribution in [0.5, 0.6) is 0 Å². The Morgan fingerprint density at radius 3 is 2.20 bits per heavy atom. The molecule has 0 atom stereocenters. The summed E-state index contributed by atoms with van der Waals surface area (Å²) in [5, 5.41) is 6.46. The van der Waals surface area contributed by atoms with Gasteiger partial charge < -0.3 is 15.5 Å². The van der Waals surface area contributed by atoms with E-state index in [0.29, 0.717) is 6.54 Å². The van der Waals surface area contributed by atoms with Crippen LogP contribution in [0, 0.1) is 0 Å². The predicted molar refractivity (Wildman–Crippen MR) is 86.3 cm³/mol. The van der Waals surface area contributed by atoms with Gasteiger partial charge in [0.25, 0.3) is 0 Å². The summed E-state index contributed by atoms with van der Waals surface area (Å²) >= 11 is 0. The van der Waals surface area contributed by atoms with Gasteiger partial charge in [-0.2, -0.15) is 0 Å². The molecule has 0 radical (unpaired) electrons. The summed E-state index contributed by atoms with van der Waals surface area (Å²) in [6, 6.07) is 8.68. The van der Waals surface area contributed by atoms with Gasteiger partial charge in [0.1, 0.15) is 0 Å². The van der Waals surface area contributed by atoms with Gasteiger partial charge in [-0.3, -0.25) is 0 Å². The van der Waals surface area contributed by atoms with Crippen molar-refractivity contribution < 1.29 is 0 Å². The number of benzene rings is 1. The minimum atomic E-state index is 0.702. The van der Waals surface area contributed by atoms with Gasteiger partial charge in [0.2, 0.25) is 0 Å². The van der Waals surface area contributed by atoms with E-state index in [1.165, 1.54) is 11.3 Å². The van der Waals surface area contributed by atoms with Crippen molar-refractivity contribution in [3.05, 3.63) is 42.0 Å². The van der Waals surface area contributed by atoms with Gasteiger partial charge >= 0.3 is 0 Å². The van der Waals surface area contributed by atoms with Crippen LogP contribution in [0.25, 0.3) is 0 Å². The third-order valence-electron chi connectivity index (χ3n) is 3.23. The average Bonchev–Trinajstić information content (AvgIpc) is 3.00. The molecule has 1 aliphatic heterocycles. The minimum absolute atomic E-state index is 0.702. The fraction of sp³-hybridized carbons (Fsp3) is 0.438. The smallest absolute Gasteiger partial charge is 0.191 e. The fourth-order valence-corrected chi connectivity index (χ4v) is 2.18. The van der Waals surface area contributed by atoms with E-state index in [1.54, 1.807) is 0 Å². The Hall–Kier alpha value is -1.97. The van der Waals surface area contributed by atoms with Gasteiger partial charge in [-0.1, -0.05) is 24.3 Å². The lowest BCUT2D eigenvalue weighted by Crippen LogP contribution is -2.36. The molecule has 0 aliphatic carbocycles. The van der Waals surface area contributed by atoms with Crippen molar-refractivity contribution >= 4 is 11.6 Å². The molecule has 0 unspecified atom stereocenters. The van der Waals surface area contributed by atoms with Crippen LogP contribution < -0.4 is 15.5 Å². The minimum Gasteiger partial charge on any atom is -0.364 e. The quantitative estimate of drug-likeness (QED) is 0.490. The van der Waals surface area contributed by atoms with E-state index in [4.69, 9.17) is 0 Å². The Labute approximate surface area is 121 Å². The largest absolute Gasteiger partial charge is 0.364 e. The van der Waals surface area contributed by atoms with Crippen LogP contribution in [0.15, 0.2) is 41.4 Å². The maximum absolute atomic E-state index is 4.57. The number of nitrogens with zero attached hydrogens (tertiary/aromatic N) is 2. The summed E-state index contributed by atoms with van der Waals surface area (Å²) in [7, 11) is 0. The van der Waals surface area contributed by atoms with Crippen molar-refractivity contribution in [2.75, 3.05) is 31.1 Å². The van der Waals surface area contributed by atoms with Crippen LogP contribution in [-0.4, -0.2) is 32.1 Å². The summed E-state index contributed by atoms with van der Waals surface area (Å²) < 4.78 is 0. The Balaban J connectivity index is 1.93.